The summed E-state index contributed by atoms with van der Waals surface area (Å²) in [7, 11) is 0. The zero-order valence-corrected chi connectivity index (χ0v) is 10.5. The van der Waals surface area contributed by atoms with Crippen molar-refractivity contribution < 1.29 is 9.84 Å². The van der Waals surface area contributed by atoms with Gasteiger partial charge in [-0.25, -0.2) is 0 Å². The van der Waals surface area contributed by atoms with E-state index in [9.17, 15) is 5.11 Å². The van der Waals surface area contributed by atoms with Crippen LogP contribution in [0.4, 0.5) is 0 Å². The topological polar surface area (TPSA) is 55.5 Å². The number of aryl methyl sites for hydroxylation is 3. The Labute approximate surface area is 97.2 Å². The first-order valence-electron chi connectivity index (χ1n) is 5.49. The van der Waals surface area contributed by atoms with Gasteiger partial charge in [-0.15, -0.1) is 0 Å². The van der Waals surface area contributed by atoms with Crippen molar-refractivity contribution in [2.24, 2.45) is 5.73 Å². The van der Waals surface area contributed by atoms with Crippen LogP contribution in [0.5, 0.6) is 5.75 Å². The van der Waals surface area contributed by atoms with Gasteiger partial charge in [0.15, 0.2) is 0 Å². The van der Waals surface area contributed by atoms with Gasteiger partial charge in [-0.1, -0.05) is 6.07 Å². The van der Waals surface area contributed by atoms with Crippen LogP contribution in [0, 0.1) is 20.8 Å². The molecule has 1 rings (SSSR count). The second-order valence-electron chi connectivity index (χ2n) is 4.69. The highest BCUT2D eigenvalue weighted by atomic mass is 16.5. The van der Waals surface area contributed by atoms with Crippen LogP contribution in [0.25, 0.3) is 0 Å². The molecule has 0 aliphatic rings. The van der Waals surface area contributed by atoms with Crippen LogP contribution in [-0.4, -0.2) is 23.9 Å². The van der Waals surface area contributed by atoms with Gasteiger partial charge < -0.3 is 15.6 Å². The predicted molar refractivity (Wildman–Crippen MR) is 65.8 cm³/mol. The molecule has 1 atom stereocenters. The first-order valence-corrected chi connectivity index (χ1v) is 5.49. The van der Waals surface area contributed by atoms with Crippen molar-refractivity contribution in [2.45, 2.75) is 33.3 Å². The molecule has 0 aromatic heterocycles. The third-order valence-electron chi connectivity index (χ3n) is 2.77. The van der Waals surface area contributed by atoms with E-state index >= 15 is 0 Å². The summed E-state index contributed by atoms with van der Waals surface area (Å²) >= 11 is 0. The Morgan fingerprint density at radius 3 is 2.31 bits per heavy atom. The van der Waals surface area contributed by atoms with Crippen molar-refractivity contribution >= 4 is 0 Å². The molecule has 0 bridgehead atoms. The van der Waals surface area contributed by atoms with Crippen LogP contribution in [0.1, 0.15) is 23.6 Å². The van der Waals surface area contributed by atoms with Crippen molar-refractivity contribution in [1.29, 1.82) is 0 Å². The lowest BCUT2D eigenvalue weighted by atomic mass is 10.1. The molecule has 0 radical (unpaired) electrons. The Morgan fingerprint density at radius 2 is 1.75 bits per heavy atom. The van der Waals surface area contributed by atoms with Crippen LogP contribution >= 0.6 is 0 Å². The second kappa shape index (κ2) is 4.85. The van der Waals surface area contributed by atoms with E-state index in [0.717, 1.165) is 11.3 Å². The van der Waals surface area contributed by atoms with E-state index in [4.69, 9.17) is 10.5 Å². The zero-order chi connectivity index (χ0) is 12.3. The molecule has 0 aliphatic heterocycles. The highest BCUT2D eigenvalue weighted by Crippen LogP contribution is 2.23. The van der Waals surface area contributed by atoms with E-state index in [1.165, 1.54) is 11.1 Å². The van der Waals surface area contributed by atoms with E-state index in [1.807, 2.05) is 19.9 Å². The molecule has 3 N–H and O–H groups in total. The summed E-state index contributed by atoms with van der Waals surface area (Å²) in [6.07, 6.45) is 0. The van der Waals surface area contributed by atoms with Crippen LogP contribution in [0.15, 0.2) is 12.1 Å². The molecular weight excluding hydrogens is 202 g/mol. The molecule has 0 amide bonds. The standard InChI is InChI=1S/C13H21NO2/c1-9-5-11(3)12(6-10(9)2)16-8-13(4,15)7-14/h5-6,15H,7-8,14H2,1-4H3. The molecule has 1 aromatic rings. The Morgan fingerprint density at radius 1 is 1.19 bits per heavy atom. The summed E-state index contributed by atoms with van der Waals surface area (Å²) in [5, 5.41) is 9.75. The fourth-order valence-corrected chi connectivity index (χ4v) is 1.38. The minimum atomic E-state index is -0.967. The molecule has 3 nitrogen and oxygen atoms in total. The summed E-state index contributed by atoms with van der Waals surface area (Å²) < 4.78 is 5.60. The molecule has 90 valence electrons. The molecule has 3 heteroatoms. The number of aliphatic hydroxyl groups is 1. The first-order chi connectivity index (χ1) is 7.35. The summed E-state index contributed by atoms with van der Waals surface area (Å²) in [6, 6.07) is 4.08. The van der Waals surface area contributed by atoms with Gasteiger partial charge in [0.25, 0.3) is 0 Å². The molecule has 0 heterocycles. The lowest BCUT2D eigenvalue weighted by Crippen LogP contribution is -2.40. The highest BCUT2D eigenvalue weighted by molar-refractivity contribution is 5.40. The van der Waals surface area contributed by atoms with E-state index in [0.29, 0.717) is 0 Å². The molecule has 0 fully saturated rings. The zero-order valence-electron chi connectivity index (χ0n) is 10.5. The van der Waals surface area contributed by atoms with Crippen LogP contribution in [0.3, 0.4) is 0 Å². The Balaban J connectivity index is 2.79. The van der Waals surface area contributed by atoms with Gasteiger partial charge in [-0.05, 0) is 50.5 Å². The molecular formula is C13H21NO2. The largest absolute Gasteiger partial charge is 0.490 e. The minimum Gasteiger partial charge on any atom is -0.490 e. The smallest absolute Gasteiger partial charge is 0.122 e. The van der Waals surface area contributed by atoms with E-state index < -0.39 is 5.60 Å². The van der Waals surface area contributed by atoms with Crippen LogP contribution < -0.4 is 10.5 Å². The Hall–Kier alpha value is -1.06. The van der Waals surface area contributed by atoms with E-state index in [-0.39, 0.29) is 13.2 Å². The molecule has 0 aliphatic carbocycles. The Kier molecular flexibility index (Phi) is 3.94. The van der Waals surface area contributed by atoms with Gasteiger partial charge in [-0.2, -0.15) is 0 Å². The normalized spacial score (nSPS) is 14.6. The average molecular weight is 223 g/mol. The third kappa shape index (κ3) is 3.22. The maximum atomic E-state index is 9.75. The second-order valence-corrected chi connectivity index (χ2v) is 4.69. The maximum Gasteiger partial charge on any atom is 0.122 e. The minimum absolute atomic E-state index is 0.191. The van der Waals surface area contributed by atoms with Gasteiger partial charge in [0.1, 0.15) is 18.0 Å². The van der Waals surface area contributed by atoms with Gasteiger partial charge in [0.05, 0.1) is 0 Å². The number of nitrogens with two attached hydrogens (primary N) is 1. The Bertz CT molecular complexity index is 372. The average Bonchev–Trinajstić information content (AvgIpc) is 2.22. The van der Waals surface area contributed by atoms with Crippen LogP contribution in [0.2, 0.25) is 0 Å². The van der Waals surface area contributed by atoms with Crippen molar-refractivity contribution in [2.75, 3.05) is 13.2 Å². The third-order valence-corrected chi connectivity index (χ3v) is 2.77. The maximum absolute atomic E-state index is 9.75. The number of rotatable bonds is 4. The SMILES string of the molecule is Cc1cc(C)c(OCC(C)(O)CN)cc1C. The molecule has 16 heavy (non-hydrogen) atoms. The van der Waals surface area contributed by atoms with Gasteiger partial charge in [-0.3, -0.25) is 0 Å². The molecule has 1 aromatic carbocycles. The number of benzene rings is 1. The van der Waals surface area contributed by atoms with Crippen LogP contribution in [-0.2, 0) is 0 Å². The molecule has 0 spiro atoms. The van der Waals surface area contributed by atoms with Crippen molar-refractivity contribution in [1.82, 2.24) is 0 Å². The molecule has 0 saturated heterocycles. The lowest BCUT2D eigenvalue weighted by molar-refractivity contribution is 0.0193. The van der Waals surface area contributed by atoms with Gasteiger partial charge in [0, 0.05) is 6.54 Å². The number of hydrogen-bond donors (Lipinski definition) is 2. The van der Waals surface area contributed by atoms with Gasteiger partial charge in [0.2, 0.25) is 0 Å². The monoisotopic (exact) mass is 223 g/mol. The van der Waals surface area contributed by atoms with Crippen molar-refractivity contribution in [3.05, 3.63) is 28.8 Å². The fourth-order valence-electron chi connectivity index (χ4n) is 1.38. The highest BCUT2D eigenvalue weighted by Gasteiger charge is 2.19. The van der Waals surface area contributed by atoms with Gasteiger partial charge >= 0.3 is 0 Å². The predicted octanol–water partition coefficient (Wildman–Crippen LogP) is 1.70. The van der Waals surface area contributed by atoms with E-state index in [1.54, 1.807) is 6.92 Å². The van der Waals surface area contributed by atoms with Crippen molar-refractivity contribution in [3.63, 3.8) is 0 Å². The summed E-state index contributed by atoms with van der Waals surface area (Å²) in [5.74, 6) is 0.817. The molecule has 1 unspecified atom stereocenters. The fraction of sp³-hybridized carbons (Fsp3) is 0.538. The van der Waals surface area contributed by atoms with E-state index in [2.05, 4.69) is 13.0 Å². The summed E-state index contributed by atoms with van der Waals surface area (Å²) in [4.78, 5) is 0. The van der Waals surface area contributed by atoms with Crippen molar-refractivity contribution in [3.8, 4) is 5.75 Å². The summed E-state index contributed by atoms with van der Waals surface area (Å²) in [5.41, 5.74) is 7.98. The summed E-state index contributed by atoms with van der Waals surface area (Å²) in [6.45, 7) is 8.19. The molecule has 0 saturated carbocycles. The first kappa shape index (κ1) is 13.0. The number of ether oxygens (including phenoxy) is 1. The quantitative estimate of drug-likeness (QED) is 0.817. The number of hydrogen-bond acceptors (Lipinski definition) is 3. The lowest BCUT2D eigenvalue weighted by Gasteiger charge is -2.22.